The molecule has 0 aliphatic heterocycles. The van der Waals surface area contributed by atoms with Gasteiger partial charge in [0.25, 0.3) is 5.91 Å². The van der Waals surface area contributed by atoms with Gasteiger partial charge >= 0.3 is 0 Å². The second-order valence-corrected chi connectivity index (χ2v) is 9.54. The van der Waals surface area contributed by atoms with Crippen molar-refractivity contribution in [2.45, 2.75) is 32.9 Å². The molecule has 0 unspecified atom stereocenters. The van der Waals surface area contributed by atoms with E-state index in [2.05, 4.69) is 5.32 Å². The molecule has 3 aromatic carbocycles. The van der Waals surface area contributed by atoms with Crippen molar-refractivity contribution in [2.75, 3.05) is 13.2 Å². The molecule has 3 rings (SSSR count). The van der Waals surface area contributed by atoms with Crippen LogP contribution in [-0.2, 0) is 22.6 Å². The number of hydrogen-bond acceptors (Lipinski definition) is 3. The summed E-state index contributed by atoms with van der Waals surface area (Å²) in [5, 5.41) is 4.11. The van der Waals surface area contributed by atoms with Crippen LogP contribution in [0.5, 0.6) is 5.75 Å². The lowest BCUT2D eigenvalue weighted by molar-refractivity contribution is -0.142. The molecule has 7 heteroatoms. The Bertz CT molecular complexity index is 1100. The molecule has 1 atom stereocenters. The van der Waals surface area contributed by atoms with Gasteiger partial charge in [-0.2, -0.15) is 0 Å². The third kappa shape index (κ3) is 8.30. The van der Waals surface area contributed by atoms with E-state index in [9.17, 15) is 9.59 Å². The van der Waals surface area contributed by atoms with E-state index in [1.807, 2.05) is 62.4 Å². The van der Waals surface area contributed by atoms with Crippen LogP contribution in [0.15, 0.2) is 78.9 Å². The molecule has 0 spiro atoms. The zero-order valence-corrected chi connectivity index (χ0v) is 21.4. The number of hydrogen-bond donors (Lipinski definition) is 1. The molecule has 3 aromatic rings. The van der Waals surface area contributed by atoms with Crippen LogP contribution in [0, 0.1) is 5.92 Å². The van der Waals surface area contributed by atoms with Gasteiger partial charge in [-0.25, -0.2) is 0 Å². The van der Waals surface area contributed by atoms with Crippen LogP contribution in [0.2, 0.25) is 10.0 Å². The van der Waals surface area contributed by atoms with Crippen LogP contribution >= 0.6 is 23.2 Å². The number of nitrogens with one attached hydrogen (secondary N) is 1. The average Bonchev–Trinajstić information content (AvgIpc) is 2.85. The monoisotopic (exact) mass is 512 g/mol. The van der Waals surface area contributed by atoms with Gasteiger partial charge in [0, 0.05) is 29.6 Å². The van der Waals surface area contributed by atoms with Crippen LogP contribution in [-0.4, -0.2) is 35.9 Å². The van der Waals surface area contributed by atoms with Crippen molar-refractivity contribution in [3.8, 4) is 5.75 Å². The zero-order chi connectivity index (χ0) is 25.2. The van der Waals surface area contributed by atoms with Gasteiger partial charge in [-0.05, 0) is 47.4 Å². The molecule has 0 saturated carbocycles. The number of benzene rings is 3. The summed E-state index contributed by atoms with van der Waals surface area (Å²) in [6, 6.07) is 23.0. The van der Waals surface area contributed by atoms with Crippen molar-refractivity contribution in [1.29, 1.82) is 0 Å². The normalized spacial score (nSPS) is 11.7. The van der Waals surface area contributed by atoms with E-state index in [1.54, 1.807) is 35.2 Å². The van der Waals surface area contributed by atoms with Gasteiger partial charge in [0.15, 0.2) is 6.61 Å². The molecule has 0 aromatic heterocycles. The molecule has 0 aliphatic rings. The van der Waals surface area contributed by atoms with Crippen molar-refractivity contribution < 1.29 is 14.3 Å². The first-order valence-corrected chi connectivity index (χ1v) is 12.3. The van der Waals surface area contributed by atoms with Crippen LogP contribution in [0.3, 0.4) is 0 Å². The summed E-state index contributed by atoms with van der Waals surface area (Å²) in [6.07, 6.45) is 0.363. The Morgan fingerprint density at radius 3 is 2.23 bits per heavy atom. The highest BCUT2D eigenvalue weighted by atomic mass is 35.5. The lowest BCUT2D eigenvalue weighted by atomic mass is 10.0. The van der Waals surface area contributed by atoms with Gasteiger partial charge < -0.3 is 15.0 Å². The van der Waals surface area contributed by atoms with E-state index in [0.29, 0.717) is 28.8 Å². The Morgan fingerprint density at radius 2 is 1.57 bits per heavy atom. The van der Waals surface area contributed by atoms with Crippen molar-refractivity contribution in [3.05, 3.63) is 100 Å². The summed E-state index contributed by atoms with van der Waals surface area (Å²) >= 11 is 12.4. The molecule has 0 aliphatic carbocycles. The molecule has 0 radical (unpaired) electrons. The first kappa shape index (κ1) is 26.6. The minimum atomic E-state index is -0.742. The maximum absolute atomic E-state index is 13.5. The van der Waals surface area contributed by atoms with Gasteiger partial charge in [0.05, 0.1) is 0 Å². The standard InChI is InChI=1S/C28H30Cl2N2O3/c1-20(2)17-31-28(34)26(16-21-8-4-3-5-9-21)32(18-22-10-6-7-11-25(22)30)27(33)19-35-24-14-12-23(29)13-15-24/h3-15,20,26H,16-19H2,1-2H3,(H,31,34)/t26-/m1/s1. The molecule has 184 valence electrons. The summed E-state index contributed by atoms with van der Waals surface area (Å²) in [4.78, 5) is 28.5. The van der Waals surface area contributed by atoms with E-state index in [1.165, 1.54) is 0 Å². The fourth-order valence-electron chi connectivity index (χ4n) is 3.55. The highest BCUT2D eigenvalue weighted by Crippen LogP contribution is 2.21. The van der Waals surface area contributed by atoms with Crippen molar-refractivity contribution in [3.63, 3.8) is 0 Å². The number of rotatable bonds is 11. The SMILES string of the molecule is CC(C)CNC(=O)[C@@H](Cc1ccccc1)N(Cc1ccccc1Cl)C(=O)COc1ccc(Cl)cc1. The topological polar surface area (TPSA) is 58.6 Å². The first-order valence-electron chi connectivity index (χ1n) is 11.6. The Kier molecular flexibility index (Phi) is 10.0. The van der Waals surface area contributed by atoms with E-state index in [4.69, 9.17) is 27.9 Å². The molecule has 5 nitrogen and oxygen atoms in total. The summed E-state index contributed by atoms with van der Waals surface area (Å²) in [5.41, 5.74) is 1.71. The van der Waals surface area contributed by atoms with Crippen LogP contribution in [0.1, 0.15) is 25.0 Å². The fourth-order valence-corrected chi connectivity index (χ4v) is 3.87. The quantitative estimate of drug-likeness (QED) is 0.354. The van der Waals surface area contributed by atoms with Gasteiger partial charge in [-0.15, -0.1) is 0 Å². The number of carbonyl (C=O) groups excluding carboxylic acids is 2. The van der Waals surface area contributed by atoms with E-state index in [0.717, 1.165) is 11.1 Å². The smallest absolute Gasteiger partial charge is 0.261 e. The molecule has 0 heterocycles. The maximum Gasteiger partial charge on any atom is 0.261 e. The van der Waals surface area contributed by atoms with Gasteiger partial charge in [-0.3, -0.25) is 9.59 Å². The lowest BCUT2D eigenvalue weighted by Gasteiger charge is -2.32. The summed E-state index contributed by atoms with van der Waals surface area (Å²) in [7, 11) is 0. The highest BCUT2D eigenvalue weighted by Gasteiger charge is 2.31. The Hall–Kier alpha value is -3.02. The number of ether oxygens (including phenoxy) is 1. The summed E-state index contributed by atoms with van der Waals surface area (Å²) < 4.78 is 5.74. The van der Waals surface area contributed by atoms with Gasteiger partial charge in [0.1, 0.15) is 11.8 Å². The predicted molar refractivity (Wildman–Crippen MR) is 141 cm³/mol. The van der Waals surface area contributed by atoms with Crippen molar-refractivity contribution in [2.24, 2.45) is 5.92 Å². The molecule has 0 saturated heterocycles. The maximum atomic E-state index is 13.5. The van der Waals surface area contributed by atoms with Crippen molar-refractivity contribution >= 4 is 35.0 Å². The van der Waals surface area contributed by atoms with E-state index < -0.39 is 6.04 Å². The Balaban J connectivity index is 1.90. The molecule has 1 N–H and O–H groups in total. The molecular formula is C28H30Cl2N2O3. The summed E-state index contributed by atoms with van der Waals surface area (Å²) in [6.45, 7) is 4.52. The number of amides is 2. The lowest BCUT2D eigenvalue weighted by Crippen LogP contribution is -2.52. The number of halogens is 2. The Morgan fingerprint density at radius 1 is 0.914 bits per heavy atom. The fraction of sp³-hybridized carbons (Fsp3) is 0.286. The first-order chi connectivity index (χ1) is 16.8. The predicted octanol–water partition coefficient (Wildman–Crippen LogP) is 5.78. The largest absolute Gasteiger partial charge is 0.484 e. The van der Waals surface area contributed by atoms with Crippen molar-refractivity contribution in [1.82, 2.24) is 10.2 Å². The Labute approximate surface area is 217 Å². The third-order valence-electron chi connectivity index (χ3n) is 5.43. The minimum Gasteiger partial charge on any atom is -0.484 e. The average molecular weight is 513 g/mol. The molecule has 0 fully saturated rings. The molecule has 35 heavy (non-hydrogen) atoms. The van der Waals surface area contributed by atoms with Crippen LogP contribution in [0.4, 0.5) is 0 Å². The number of nitrogens with zero attached hydrogens (tertiary/aromatic N) is 1. The molecule has 2 amide bonds. The van der Waals surface area contributed by atoms with Gasteiger partial charge in [-0.1, -0.05) is 85.6 Å². The second-order valence-electron chi connectivity index (χ2n) is 8.70. The molecular weight excluding hydrogens is 483 g/mol. The number of carbonyl (C=O) groups is 2. The second kappa shape index (κ2) is 13.2. The zero-order valence-electron chi connectivity index (χ0n) is 19.9. The highest BCUT2D eigenvalue weighted by molar-refractivity contribution is 6.31. The van der Waals surface area contributed by atoms with Crippen LogP contribution in [0.25, 0.3) is 0 Å². The summed E-state index contributed by atoms with van der Waals surface area (Å²) in [5.74, 6) is 0.261. The van der Waals surface area contributed by atoms with Gasteiger partial charge in [0.2, 0.25) is 5.91 Å². The van der Waals surface area contributed by atoms with E-state index >= 15 is 0 Å². The third-order valence-corrected chi connectivity index (χ3v) is 6.05. The molecule has 0 bridgehead atoms. The van der Waals surface area contributed by atoms with E-state index in [-0.39, 0.29) is 30.9 Å². The minimum absolute atomic E-state index is 0.176. The van der Waals surface area contributed by atoms with Crippen LogP contribution < -0.4 is 10.1 Å².